The van der Waals surface area contributed by atoms with Crippen LogP contribution in [-0.4, -0.2) is 35.5 Å². The van der Waals surface area contributed by atoms with Gasteiger partial charge >= 0.3 is 5.97 Å². The highest BCUT2D eigenvalue weighted by Crippen LogP contribution is 2.08. The molecule has 0 rings (SSSR count). The highest BCUT2D eigenvalue weighted by Gasteiger charge is 2.17. The average Bonchev–Trinajstić information content (AvgIpc) is 2.26. The minimum absolute atomic E-state index is 0.0187. The van der Waals surface area contributed by atoms with Gasteiger partial charge in [0, 0.05) is 19.0 Å². The van der Waals surface area contributed by atoms with Crippen LogP contribution in [0, 0.1) is 0 Å². The predicted molar refractivity (Wildman–Crippen MR) is 67.5 cm³/mol. The summed E-state index contributed by atoms with van der Waals surface area (Å²) in [6.45, 7) is 11.6. The third-order valence-electron chi connectivity index (χ3n) is 2.46. The van der Waals surface area contributed by atoms with Gasteiger partial charge < -0.3 is 9.64 Å². The lowest BCUT2D eigenvalue weighted by molar-refractivity contribution is -0.148. The van der Waals surface area contributed by atoms with Gasteiger partial charge in [0.25, 0.3) is 0 Å². The average molecular weight is 241 g/mol. The van der Waals surface area contributed by atoms with Gasteiger partial charge in [0.15, 0.2) is 0 Å². The van der Waals surface area contributed by atoms with E-state index >= 15 is 0 Å². The van der Waals surface area contributed by atoms with Crippen molar-refractivity contribution in [1.82, 2.24) is 4.90 Å². The number of carbonyl (C=O) groups excluding carboxylic acids is 2. The molecular formula is C13H23NO3. The smallest absolute Gasteiger partial charge is 0.306 e. The highest BCUT2D eigenvalue weighted by molar-refractivity contribution is 5.87. The van der Waals surface area contributed by atoms with Crippen molar-refractivity contribution in [3.05, 3.63) is 12.7 Å². The molecule has 0 aromatic carbocycles. The van der Waals surface area contributed by atoms with Gasteiger partial charge in [-0.15, -0.1) is 0 Å². The Labute approximate surface area is 104 Å². The molecule has 0 bridgehead atoms. The maximum atomic E-state index is 11.5. The number of esters is 1. The molecule has 0 heterocycles. The highest BCUT2D eigenvalue weighted by atomic mass is 16.5. The maximum absolute atomic E-state index is 11.5. The van der Waals surface area contributed by atoms with Crippen molar-refractivity contribution in [1.29, 1.82) is 0 Å². The molecule has 0 aliphatic carbocycles. The largest absolute Gasteiger partial charge is 0.463 e. The van der Waals surface area contributed by atoms with E-state index in [1.807, 2.05) is 27.7 Å². The van der Waals surface area contributed by atoms with E-state index < -0.39 is 0 Å². The summed E-state index contributed by atoms with van der Waals surface area (Å²) >= 11 is 0. The van der Waals surface area contributed by atoms with Gasteiger partial charge in [-0.1, -0.05) is 6.58 Å². The van der Waals surface area contributed by atoms with Gasteiger partial charge in [-0.05, 0) is 40.2 Å². The molecule has 0 saturated carbocycles. The number of nitrogens with zero attached hydrogens (tertiary/aromatic N) is 1. The van der Waals surface area contributed by atoms with Crippen molar-refractivity contribution < 1.29 is 14.3 Å². The van der Waals surface area contributed by atoms with Crippen LogP contribution in [0.25, 0.3) is 0 Å². The topological polar surface area (TPSA) is 46.6 Å². The molecule has 0 spiro atoms. The summed E-state index contributed by atoms with van der Waals surface area (Å²) < 4.78 is 5.04. The number of hydrogen-bond acceptors (Lipinski definition) is 3. The van der Waals surface area contributed by atoms with E-state index in [1.165, 1.54) is 6.08 Å². The van der Waals surface area contributed by atoms with E-state index in [4.69, 9.17) is 4.74 Å². The molecule has 0 aliphatic heterocycles. The van der Waals surface area contributed by atoms with Crippen molar-refractivity contribution in [2.75, 3.05) is 6.54 Å². The van der Waals surface area contributed by atoms with Crippen LogP contribution in [0.1, 0.15) is 40.5 Å². The Morgan fingerprint density at radius 2 is 1.94 bits per heavy atom. The number of rotatable bonds is 7. The van der Waals surface area contributed by atoms with Crippen LogP contribution in [0.4, 0.5) is 0 Å². The normalized spacial score (nSPS) is 12.1. The molecular weight excluding hydrogens is 218 g/mol. The quantitative estimate of drug-likeness (QED) is 0.507. The first kappa shape index (κ1) is 15.7. The predicted octanol–water partition coefficient (Wildman–Crippen LogP) is 2.14. The van der Waals surface area contributed by atoms with Crippen molar-refractivity contribution in [2.45, 2.75) is 52.7 Å². The maximum Gasteiger partial charge on any atom is 0.306 e. The third-order valence-corrected chi connectivity index (χ3v) is 2.46. The zero-order valence-electron chi connectivity index (χ0n) is 11.2. The van der Waals surface area contributed by atoms with E-state index in [2.05, 4.69) is 6.58 Å². The van der Waals surface area contributed by atoms with E-state index in [0.717, 1.165) is 0 Å². The summed E-state index contributed by atoms with van der Waals surface area (Å²) in [5, 5.41) is 0. The fraction of sp³-hybridized carbons (Fsp3) is 0.692. The molecule has 0 unspecified atom stereocenters. The van der Waals surface area contributed by atoms with Crippen LogP contribution in [0.2, 0.25) is 0 Å². The van der Waals surface area contributed by atoms with E-state index in [-0.39, 0.29) is 24.0 Å². The number of carbonyl (C=O) groups is 2. The van der Waals surface area contributed by atoms with Crippen LogP contribution in [0.3, 0.4) is 0 Å². The minimum Gasteiger partial charge on any atom is -0.463 e. The SMILES string of the molecule is C=CC(=O)N(CC)[C@@H](C)CCC(=O)OC(C)C. The van der Waals surface area contributed by atoms with E-state index in [0.29, 0.717) is 19.4 Å². The molecule has 0 radical (unpaired) electrons. The van der Waals surface area contributed by atoms with Crippen molar-refractivity contribution >= 4 is 11.9 Å². The zero-order valence-corrected chi connectivity index (χ0v) is 11.2. The van der Waals surface area contributed by atoms with Gasteiger partial charge in [-0.3, -0.25) is 9.59 Å². The molecule has 0 aromatic rings. The number of hydrogen-bond donors (Lipinski definition) is 0. The van der Waals surface area contributed by atoms with Crippen molar-refractivity contribution in [3.63, 3.8) is 0 Å². The summed E-state index contributed by atoms with van der Waals surface area (Å²) in [4.78, 5) is 24.6. The first-order valence-corrected chi connectivity index (χ1v) is 6.04. The molecule has 4 heteroatoms. The summed E-state index contributed by atoms with van der Waals surface area (Å²) in [5.41, 5.74) is 0. The molecule has 0 aliphatic rings. The monoisotopic (exact) mass is 241 g/mol. The van der Waals surface area contributed by atoms with Crippen LogP contribution in [0.15, 0.2) is 12.7 Å². The van der Waals surface area contributed by atoms with Gasteiger partial charge in [0.05, 0.1) is 6.10 Å². The van der Waals surface area contributed by atoms with Crippen LogP contribution in [0.5, 0.6) is 0 Å². The number of likely N-dealkylation sites (N-methyl/N-ethyl adjacent to an activating group) is 1. The number of ether oxygens (including phenoxy) is 1. The molecule has 0 fully saturated rings. The molecule has 0 saturated heterocycles. The van der Waals surface area contributed by atoms with Gasteiger partial charge in [-0.2, -0.15) is 0 Å². The standard InChI is InChI=1S/C13H23NO3/c1-6-12(15)14(7-2)11(5)8-9-13(16)17-10(3)4/h6,10-11H,1,7-9H2,2-5H3/t11-/m0/s1. The second-order valence-electron chi connectivity index (χ2n) is 4.25. The Morgan fingerprint density at radius 1 is 1.35 bits per heavy atom. The molecule has 1 atom stereocenters. The summed E-state index contributed by atoms with van der Waals surface area (Å²) in [7, 11) is 0. The van der Waals surface area contributed by atoms with Gasteiger partial charge in [-0.25, -0.2) is 0 Å². The second kappa shape index (κ2) is 7.87. The lowest BCUT2D eigenvalue weighted by Crippen LogP contribution is -2.37. The third kappa shape index (κ3) is 6.09. The van der Waals surface area contributed by atoms with Crippen LogP contribution < -0.4 is 0 Å². The summed E-state index contributed by atoms with van der Waals surface area (Å²) in [6, 6.07) is 0.0187. The first-order chi connectivity index (χ1) is 7.92. The van der Waals surface area contributed by atoms with Crippen LogP contribution in [-0.2, 0) is 14.3 Å². The fourth-order valence-corrected chi connectivity index (χ4v) is 1.61. The lowest BCUT2D eigenvalue weighted by atomic mass is 10.1. The molecule has 0 N–H and O–H groups in total. The number of amides is 1. The summed E-state index contributed by atoms with van der Waals surface area (Å²) in [5.74, 6) is -0.314. The molecule has 1 amide bonds. The second-order valence-corrected chi connectivity index (χ2v) is 4.25. The molecule has 0 aromatic heterocycles. The van der Waals surface area contributed by atoms with E-state index in [9.17, 15) is 9.59 Å². The van der Waals surface area contributed by atoms with Crippen molar-refractivity contribution in [3.8, 4) is 0 Å². The molecule has 98 valence electrons. The van der Waals surface area contributed by atoms with Crippen molar-refractivity contribution in [2.24, 2.45) is 0 Å². The molecule has 17 heavy (non-hydrogen) atoms. The Balaban J connectivity index is 4.15. The zero-order chi connectivity index (χ0) is 13.4. The first-order valence-electron chi connectivity index (χ1n) is 6.04. The Kier molecular flexibility index (Phi) is 7.26. The Hall–Kier alpha value is -1.32. The Bertz CT molecular complexity index is 274. The van der Waals surface area contributed by atoms with Gasteiger partial charge in [0.2, 0.25) is 5.91 Å². The van der Waals surface area contributed by atoms with Crippen LogP contribution >= 0.6 is 0 Å². The lowest BCUT2D eigenvalue weighted by Gasteiger charge is -2.26. The molecule has 4 nitrogen and oxygen atoms in total. The summed E-state index contributed by atoms with van der Waals surface area (Å²) in [6.07, 6.45) is 2.15. The van der Waals surface area contributed by atoms with Gasteiger partial charge in [0.1, 0.15) is 0 Å². The van der Waals surface area contributed by atoms with E-state index in [1.54, 1.807) is 4.90 Å². The Morgan fingerprint density at radius 3 is 2.35 bits per heavy atom. The fourth-order valence-electron chi connectivity index (χ4n) is 1.61. The minimum atomic E-state index is -0.214.